The van der Waals surface area contributed by atoms with Crippen LogP contribution < -0.4 is 5.73 Å². The highest BCUT2D eigenvalue weighted by Gasteiger charge is 2.30. The van der Waals surface area contributed by atoms with Crippen molar-refractivity contribution in [3.05, 3.63) is 5.69 Å². The van der Waals surface area contributed by atoms with Crippen LogP contribution in [-0.4, -0.2) is 15.0 Å². The third-order valence-corrected chi connectivity index (χ3v) is 2.30. The van der Waals surface area contributed by atoms with Crippen molar-refractivity contribution in [3.63, 3.8) is 0 Å². The maximum Gasteiger partial charge on any atom is 0.169 e. The lowest BCUT2D eigenvalue weighted by Crippen LogP contribution is -2.09. The molecule has 4 nitrogen and oxygen atoms in total. The van der Waals surface area contributed by atoms with Gasteiger partial charge in [0.15, 0.2) is 5.82 Å². The molecule has 4 heteroatoms. The maximum atomic E-state index is 5.76. The minimum Gasteiger partial charge on any atom is -0.381 e. The number of anilines is 1. The first-order valence-corrected chi connectivity index (χ1v) is 4.87. The summed E-state index contributed by atoms with van der Waals surface area (Å²) in [4.78, 5) is 0. The third kappa shape index (κ3) is 1.66. The van der Waals surface area contributed by atoms with Gasteiger partial charge in [0.1, 0.15) is 0 Å². The van der Waals surface area contributed by atoms with Crippen LogP contribution in [0.5, 0.6) is 0 Å². The highest BCUT2D eigenvalue weighted by Crippen LogP contribution is 2.41. The molecule has 0 bridgehead atoms. The number of rotatable bonds is 3. The van der Waals surface area contributed by atoms with Gasteiger partial charge in [-0.1, -0.05) is 19.1 Å². The molecule has 13 heavy (non-hydrogen) atoms. The Kier molecular flexibility index (Phi) is 1.98. The standard InChI is InChI=1S/C9H16N4/c1-6(2)5-13-8(7-3-4-7)9(10)11-12-13/h6-7H,3-5,10H2,1-2H3. The van der Waals surface area contributed by atoms with Crippen molar-refractivity contribution in [2.45, 2.75) is 39.2 Å². The Bertz CT molecular complexity index is 299. The van der Waals surface area contributed by atoms with Gasteiger partial charge in [-0.2, -0.15) is 0 Å². The summed E-state index contributed by atoms with van der Waals surface area (Å²) < 4.78 is 1.97. The minimum absolute atomic E-state index is 0.596. The smallest absolute Gasteiger partial charge is 0.169 e. The monoisotopic (exact) mass is 180 g/mol. The van der Waals surface area contributed by atoms with E-state index in [0.29, 0.717) is 17.7 Å². The quantitative estimate of drug-likeness (QED) is 0.764. The molecule has 1 aliphatic rings. The molecule has 1 aromatic rings. The molecule has 0 radical (unpaired) electrons. The summed E-state index contributed by atoms with van der Waals surface area (Å²) >= 11 is 0. The summed E-state index contributed by atoms with van der Waals surface area (Å²) in [5.41, 5.74) is 6.92. The average Bonchev–Trinajstić information content (AvgIpc) is 2.79. The lowest BCUT2D eigenvalue weighted by atomic mass is 10.2. The van der Waals surface area contributed by atoms with Gasteiger partial charge in [-0.05, 0) is 18.8 Å². The zero-order chi connectivity index (χ0) is 9.42. The van der Waals surface area contributed by atoms with Gasteiger partial charge in [0.2, 0.25) is 0 Å². The van der Waals surface area contributed by atoms with E-state index in [-0.39, 0.29) is 0 Å². The molecule has 0 atom stereocenters. The molecule has 0 unspecified atom stereocenters. The molecule has 1 aliphatic carbocycles. The number of nitrogens with two attached hydrogens (primary N) is 1. The minimum atomic E-state index is 0.596. The molecule has 72 valence electrons. The van der Waals surface area contributed by atoms with Crippen LogP contribution in [0.15, 0.2) is 0 Å². The first kappa shape index (κ1) is 8.53. The van der Waals surface area contributed by atoms with E-state index in [4.69, 9.17) is 5.73 Å². The van der Waals surface area contributed by atoms with E-state index in [1.54, 1.807) is 0 Å². The van der Waals surface area contributed by atoms with Crippen LogP contribution in [0, 0.1) is 5.92 Å². The number of nitrogen functional groups attached to an aromatic ring is 1. The van der Waals surface area contributed by atoms with Crippen molar-refractivity contribution in [3.8, 4) is 0 Å². The van der Waals surface area contributed by atoms with Gasteiger partial charge in [-0.25, -0.2) is 4.68 Å². The topological polar surface area (TPSA) is 56.7 Å². The highest BCUT2D eigenvalue weighted by molar-refractivity contribution is 5.38. The first-order chi connectivity index (χ1) is 6.18. The Morgan fingerprint density at radius 2 is 2.23 bits per heavy atom. The lowest BCUT2D eigenvalue weighted by Gasteiger charge is -2.07. The van der Waals surface area contributed by atoms with Crippen molar-refractivity contribution in [1.82, 2.24) is 15.0 Å². The van der Waals surface area contributed by atoms with Crippen molar-refractivity contribution in [2.75, 3.05) is 5.73 Å². The second-order valence-corrected chi connectivity index (χ2v) is 4.21. The van der Waals surface area contributed by atoms with E-state index in [1.165, 1.54) is 12.8 Å². The molecule has 1 aromatic heterocycles. The third-order valence-electron chi connectivity index (χ3n) is 2.30. The Labute approximate surface area is 78.1 Å². The zero-order valence-corrected chi connectivity index (χ0v) is 8.20. The van der Waals surface area contributed by atoms with Crippen LogP contribution in [0.4, 0.5) is 5.82 Å². The predicted octanol–water partition coefficient (Wildman–Crippen LogP) is 1.39. The molecule has 2 rings (SSSR count). The summed E-state index contributed by atoms with van der Waals surface area (Å²) in [6.07, 6.45) is 2.49. The van der Waals surface area contributed by atoms with Crippen molar-refractivity contribution < 1.29 is 0 Å². The predicted molar refractivity (Wildman–Crippen MR) is 51.2 cm³/mol. The zero-order valence-electron chi connectivity index (χ0n) is 8.20. The molecule has 1 saturated carbocycles. The average molecular weight is 180 g/mol. The number of hydrogen-bond acceptors (Lipinski definition) is 3. The van der Waals surface area contributed by atoms with Gasteiger partial charge in [-0.15, -0.1) is 5.10 Å². The van der Waals surface area contributed by atoms with E-state index in [0.717, 1.165) is 12.2 Å². The molecule has 1 fully saturated rings. The lowest BCUT2D eigenvalue weighted by molar-refractivity contribution is 0.459. The largest absolute Gasteiger partial charge is 0.381 e. The fourth-order valence-electron chi connectivity index (χ4n) is 1.59. The van der Waals surface area contributed by atoms with Gasteiger partial charge in [0, 0.05) is 12.5 Å². The Hall–Kier alpha value is -1.06. The maximum absolute atomic E-state index is 5.76. The van der Waals surface area contributed by atoms with Crippen LogP contribution in [-0.2, 0) is 6.54 Å². The van der Waals surface area contributed by atoms with Crippen LogP contribution in [0.3, 0.4) is 0 Å². The van der Waals surface area contributed by atoms with Gasteiger partial charge in [0.25, 0.3) is 0 Å². The van der Waals surface area contributed by atoms with E-state index < -0.39 is 0 Å². The van der Waals surface area contributed by atoms with Crippen LogP contribution in [0.2, 0.25) is 0 Å². The van der Waals surface area contributed by atoms with E-state index in [9.17, 15) is 0 Å². The second kappa shape index (κ2) is 3.01. The summed E-state index contributed by atoms with van der Waals surface area (Å²) in [6.45, 7) is 5.28. The van der Waals surface area contributed by atoms with Crippen molar-refractivity contribution in [1.29, 1.82) is 0 Å². The van der Waals surface area contributed by atoms with Gasteiger partial charge in [-0.3, -0.25) is 0 Å². The number of nitrogens with zero attached hydrogens (tertiary/aromatic N) is 3. The highest BCUT2D eigenvalue weighted by atomic mass is 15.4. The van der Waals surface area contributed by atoms with Crippen LogP contribution in [0.25, 0.3) is 0 Å². The molecular weight excluding hydrogens is 164 g/mol. The second-order valence-electron chi connectivity index (χ2n) is 4.21. The van der Waals surface area contributed by atoms with Crippen LogP contribution >= 0.6 is 0 Å². The Morgan fingerprint density at radius 1 is 1.54 bits per heavy atom. The van der Waals surface area contributed by atoms with E-state index in [2.05, 4.69) is 24.2 Å². The molecular formula is C9H16N4. The van der Waals surface area contributed by atoms with E-state index >= 15 is 0 Å². The first-order valence-electron chi connectivity index (χ1n) is 4.87. The molecule has 0 aliphatic heterocycles. The fourth-order valence-corrected chi connectivity index (χ4v) is 1.59. The van der Waals surface area contributed by atoms with Crippen molar-refractivity contribution in [2.24, 2.45) is 5.92 Å². The van der Waals surface area contributed by atoms with Crippen LogP contribution in [0.1, 0.15) is 38.3 Å². The molecule has 0 saturated heterocycles. The molecule has 0 aromatic carbocycles. The van der Waals surface area contributed by atoms with Gasteiger partial charge >= 0.3 is 0 Å². The molecule has 1 heterocycles. The summed E-state index contributed by atoms with van der Waals surface area (Å²) in [5, 5.41) is 7.98. The molecule has 0 amide bonds. The van der Waals surface area contributed by atoms with Crippen molar-refractivity contribution >= 4 is 5.82 Å². The Balaban J connectivity index is 2.23. The summed E-state index contributed by atoms with van der Waals surface area (Å²) in [7, 11) is 0. The van der Waals surface area contributed by atoms with E-state index in [1.807, 2.05) is 4.68 Å². The SMILES string of the molecule is CC(C)Cn1nnc(N)c1C1CC1. The van der Waals surface area contributed by atoms with Gasteiger partial charge < -0.3 is 5.73 Å². The molecule has 0 spiro atoms. The normalized spacial score (nSPS) is 16.8. The number of hydrogen-bond donors (Lipinski definition) is 1. The summed E-state index contributed by atoms with van der Waals surface area (Å²) in [6, 6.07) is 0. The summed E-state index contributed by atoms with van der Waals surface area (Å²) in [5.74, 6) is 1.86. The number of aromatic nitrogens is 3. The fraction of sp³-hybridized carbons (Fsp3) is 0.778. The Morgan fingerprint density at radius 3 is 2.77 bits per heavy atom. The van der Waals surface area contributed by atoms with Gasteiger partial charge in [0.05, 0.1) is 5.69 Å². The molecule has 2 N–H and O–H groups in total.